The van der Waals surface area contributed by atoms with E-state index in [-0.39, 0.29) is 17.9 Å². The first-order valence-corrected chi connectivity index (χ1v) is 7.42. The summed E-state index contributed by atoms with van der Waals surface area (Å²) in [6.07, 6.45) is 0. The molecule has 2 aromatic rings. The number of rotatable bonds is 6. The van der Waals surface area contributed by atoms with Gasteiger partial charge < -0.3 is 14.4 Å². The van der Waals surface area contributed by atoms with E-state index >= 15 is 0 Å². The minimum atomic E-state index is -3.00. The molecule has 2 aromatic carbocycles. The van der Waals surface area contributed by atoms with Crippen LogP contribution in [0.25, 0.3) is 0 Å². The average molecular weight is 356 g/mol. The van der Waals surface area contributed by atoms with Crippen LogP contribution in [0.15, 0.2) is 42.5 Å². The molecule has 0 radical (unpaired) electrons. The summed E-state index contributed by atoms with van der Waals surface area (Å²) in [7, 11) is 3.07. The number of para-hydroxylation sites is 1. The lowest BCUT2D eigenvalue weighted by atomic mass is 10.1. The number of nitrogens with zero attached hydrogens (tertiary/aromatic N) is 1. The Balaban J connectivity index is 2.23. The first-order chi connectivity index (χ1) is 11.4. The number of hydrogen-bond acceptors (Lipinski definition) is 3. The second-order valence-electron chi connectivity index (χ2n) is 4.99. The van der Waals surface area contributed by atoms with Gasteiger partial charge in [0.05, 0.1) is 12.7 Å². The van der Waals surface area contributed by atoms with Crippen LogP contribution in [0.4, 0.5) is 8.78 Å². The lowest BCUT2D eigenvalue weighted by Gasteiger charge is -2.20. The van der Waals surface area contributed by atoms with E-state index in [1.165, 1.54) is 30.2 Å². The molecule has 0 bridgehead atoms. The third-order valence-electron chi connectivity index (χ3n) is 3.33. The molecular formula is C17H16ClF2NO3. The van der Waals surface area contributed by atoms with E-state index in [4.69, 9.17) is 16.3 Å². The second-order valence-corrected chi connectivity index (χ2v) is 5.43. The predicted octanol–water partition coefficient (Wildman–Crippen LogP) is 4.22. The van der Waals surface area contributed by atoms with Crippen molar-refractivity contribution in [2.75, 3.05) is 14.2 Å². The largest absolute Gasteiger partial charge is 0.496 e. The smallest absolute Gasteiger partial charge is 0.387 e. The van der Waals surface area contributed by atoms with Gasteiger partial charge in [0, 0.05) is 24.2 Å². The number of methoxy groups -OCH3 is 1. The van der Waals surface area contributed by atoms with Crippen LogP contribution in [0.3, 0.4) is 0 Å². The third-order valence-corrected chi connectivity index (χ3v) is 3.57. The molecule has 0 aliphatic heterocycles. The Morgan fingerprint density at radius 3 is 2.58 bits per heavy atom. The summed E-state index contributed by atoms with van der Waals surface area (Å²) in [5.74, 6) is -0.0353. The molecular weight excluding hydrogens is 340 g/mol. The SMILES string of the molecule is COc1ccc(Cl)cc1CN(C)C(=O)c1ccccc1OC(F)F. The maximum atomic E-state index is 12.6. The van der Waals surface area contributed by atoms with Gasteiger partial charge in [-0.25, -0.2) is 0 Å². The minimum absolute atomic E-state index is 0.0568. The van der Waals surface area contributed by atoms with Crippen molar-refractivity contribution in [2.24, 2.45) is 0 Å². The summed E-state index contributed by atoms with van der Waals surface area (Å²) in [4.78, 5) is 13.9. The van der Waals surface area contributed by atoms with Gasteiger partial charge >= 0.3 is 6.61 Å². The molecule has 0 aliphatic carbocycles. The van der Waals surface area contributed by atoms with Crippen LogP contribution in [0.1, 0.15) is 15.9 Å². The highest BCUT2D eigenvalue weighted by Crippen LogP contribution is 2.26. The number of benzene rings is 2. The summed E-state index contributed by atoms with van der Waals surface area (Å²) < 4.78 is 34.6. The molecule has 4 nitrogen and oxygen atoms in total. The zero-order chi connectivity index (χ0) is 17.7. The zero-order valence-corrected chi connectivity index (χ0v) is 13.9. The molecule has 7 heteroatoms. The van der Waals surface area contributed by atoms with Gasteiger partial charge in [-0.2, -0.15) is 8.78 Å². The molecule has 0 heterocycles. The molecule has 128 valence electrons. The van der Waals surface area contributed by atoms with Gasteiger partial charge in [-0.15, -0.1) is 0 Å². The Morgan fingerprint density at radius 1 is 1.21 bits per heavy atom. The van der Waals surface area contributed by atoms with Gasteiger partial charge in [0.25, 0.3) is 5.91 Å². The first-order valence-electron chi connectivity index (χ1n) is 7.04. The topological polar surface area (TPSA) is 38.8 Å². The van der Waals surface area contributed by atoms with Gasteiger partial charge in [0.2, 0.25) is 0 Å². The normalized spacial score (nSPS) is 10.6. The van der Waals surface area contributed by atoms with Crippen LogP contribution in [0.2, 0.25) is 5.02 Å². The Morgan fingerprint density at radius 2 is 1.92 bits per heavy atom. The number of halogens is 3. The van der Waals surface area contributed by atoms with E-state index in [1.54, 1.807) is 31.3 Å². The van der Waals surface area contributed by atoms with Gasteiger partial charge in [0.1, 0.15) is 11.5 Å². The lowest BCUT2D eigenvalue weighted by molar-refractivity contribution is -0.0502. The van der Waals surface area contributed by atoms with Crippen molar-refractivity contribution >= 4 is 17.5 Å². The van der Waals surface area contributed by atoms with Crippen LogP contribution in [-0.2, 0) is 6.54 Å². The van der Waals surface area contributed by atoms with Gasteiger partial charge in [-0.3, -0.25) is 4.79 Å². The van der Waals surface area contributed by atoms with E-state index in [9.17, 15) is 13.6 Å². The van der Waals surface area contributed by atoms with E-state index in [0.717, 1.165) is 0 Å². The van der Waals surface area contributed by atoms with E-state index in [0.29, 0.717) is 16.3 Å². The van der Waals surface area contributed by atoms with Gasteiger partial charge in [-0.05, 0) is 30.3 Å². The van der Waals surface area contributed by atoms with Crippen LogP contribution in [-0.4, -0.2) is 31.6 Å². The Hall–Kier alpha value is -2.34. The van der Waals surface area contributed by atoms with Crippen LogP contribution in [0, 0.1) is 0 Å². The van der Waals surface area contributed by atoms with Crippen LogP contribution >= 0.6 is 11.6 Å². The quantitative estimate of drug-likeness (QED) is 0.778. The van der Waals surface area contributed by atoms with Crippen molar-refractivity contribution < 1.29 is 23.0 Å². The number of carbonyl (C=O) groups excluding carboxylic acids is 1. The number of ether oxygens (including phenoxy) is 2. The number of carbonyl (C=O) groups is 1. The average Bonchev–Trinajstić information content (AvgIpc) is 2.54. The summed E-state index contributed by atoms with van der Waals surface area (Å²) in [5.41, 5.74) is 0.759. The van der Waals surface area contributed by atoms with E-state index in [1.807, 2.05) is 0 Å². The molecule has 0 atom stereocenters. The van der Waals surface area contributed by atoms with Crippen molar-refractivity contribution in [1.82, 2.24) is 4.90 Å². The first kappa shape index (κ1) is 18.0. The lowest BCUT2D eigenvalue weighted by Crippen LogP contribution is -2.27. The molecule has 24 heavy (non-hydrogen) atoms. The fourth-order valence-corrected chi connectivity index (χ4v) is 2.44. The summed E-state index contributed by atoms with van der Waals surface area (Å²) in [6.45, 7) is -2.80. The highest BCUT2D eigenvalue weighted by Gasteiger charge is 2.19. The van der Waals surface area contributed by atoms with Crippen LogP contribution in [0.5, 0.6) is 11.5 Å². The van der Waals surface area contributed by atoms with Gasteiger partial charge in [-0.1, -0.05) is 23.7 Å². The molecule has 0 saturated heterocycles. The maximum absolute atomic E-state index is 12.6. The maximum Gasteiger partial charge on any atom is 0.387 e. The summed E-state index contributed by atoms with van der Waals surface area (Å²) in [5, 5.41) is 0.507. The third kappa shape index (κ3) is 4.35. The van der Waals surface area contributed by atoms with E-state index < -0.39 is 12.5 Å². The van der Waals surface area contributed by atoms with Crippen molar-refractivity contribution in [3.63, 3.8) is 0 Å². The number of amides is 1. The molecule has 0 N–H and O–H groups in total. The molecule has 0 unspecified atom stereocenters. The van der Waals surface area contributed by atoms with Gasteiger partial charge in [0.15, 0.2) is 0 Å². The molecule has 2 rings (SSSR count). The highest BCUT2D eigenvalue weighted by molar-refractivity contribution is 6.30. The predicted molar refractivity (Wildman–Crippen MR) is 86.9 cm³/mol. The Kier molecular flexibility index (Phi) is 5.98. The molecule has 0 aromatic heterocycles. The Bertz CT molecular complexity index is 725. The van der Waals surface area contributed by atoms with Crippen molar-refractivity contribution in [1.29, 1.82) is 0 Å². The molecule has 0 saturated carbocycles. The monoisotopic (exact) mass is 355 g/mol. The standard InChI is InChI=1S/C17H16ClF2NO3/c1-21(10-11-9-12(18)7-8-14(11)23-2)16(22)13-5-3-4-6-15(13)24-17(19)20/h3-9,17H,10H2,1-2H3. The summed E-state index contributed by atoms with van der Waals surface area (Å²) in [6, 6.07) is 10.9. The summed E-state index contributed by atoms with van der Waals surface area (Å²) >= 11 is 5.97. The van der Waals surface area contributed by atoms with E-state index in [2.05, 4.69) is 4.74 Å². The fourth-order valence-electron chi connectivity index (χ4n) is 2.25. The molecule has 1 amide bonds. The zero-order valence-electron chi connectivity index (χ0n) is 13.1. The van der Waals surface area contributed by atoms with Crippen LogP contribution < -0.4 is 9.47 Å². The number of alkyl halides is 2. The van der Waals surface area contributed by atoms with Crippen molar-refractivity contribution in [2.45, 2.75) is 13.2 Å². The minimum Gasteiger partial charge on any atom is -0.496 e. The fraction of sp³-hybridized carbons (Fsp3) is 0.235. The highest BCUT2D eigenvalue weighted by atomic mass is 35.5. The molecule has 0 aliphatic rings. The molecule has 0 fully saturated rings. The molecule has 0 spiro atoms. The van der Waals surface area contributed by atoms with Crippen molar-refractivity contribution in [3.8, 4) is 11.5 Å². The number of hydrogen-bond donors (Lipinski definition) is 0. The van der Waals surface area contributed by atoms with Crippen molar-refractivity contribution in [3.05, 3.63) is 58.6 Å². The second kappa shape index (κ2) is 7.97. The Labute approximate surface area is 143 Å².